The number of nitrogens with one attached hydrogen (secondary N) is 1. The summed E-state index contributed by atoms with van der Waals surface area (Å²) >= 11 is 0. The molecule has 2 fully saturated rings. The molecule has 3 atom stereocenters. The van der Waals surface area contributed by atoms with Crippen molar-refractivity contribution < 1.29 is 4.39 Å². The molecule has 1 N–H and O–H groups in total. The SMILES string of the molecule is CN(c1nc(-c2ccncc2F)cc(=O)n1C)[C@H]1[C@@H]2CN(c3nc4ccccc4[nH]3)C[C@@H]21. The van der Waals surface area contributed by atoms with Crippen molar-refractivity contribution in [2.75, 3.05) is 29.9 Å². The molecule has 0 radical (unpaired) electrons. The van der Waals surface area contributed by atoms with E-state index >= 15 is 0 Å². The fourth-order valence-corrected chi connectivity index (χ4v) is 5.03. The lowest BCUT2D eigenvalue weighted by Gasteiger charge is -2.26. The van der Waals surface area contributed by atoms with Crippen molar-refractivity contribution >= 4 is 22.9 Å². The predicted octanol–water partition coefficient (Wildman–Crippen LogP) is 2.43. The van der Waals surface area contributed by atoms with Crippen LogP contribution in [0.3, 0.4) is 0 Å². The van der Waals surface area contributed by atoms with Crippen LogP contribution < -0.4 is 15.4 Å². The highest BCUT2D eigenvalue weighted by atomic mass is 19.1. The van der Waals surface area contributed by atoms with Crippen molar-refractivity contribution in [2.24, 2.45) is 18.9 Å². The van der Waals surface area contributed by atoms with Gasteiger partial charge in [0.15, 0.2) is 5.82 Å². The van der Waals surface area contributed by atoms with E-state index in [4.69, 9.17) is 4.98 Å². The molecular weight excluding hydrogens is 409 g/mol. The van der Waals surface area contributed by atoms with Gasteiger partial charge >= 0.3 is 0 Å². The molecule has 6 rings (SSSR count). The second-order valence-corrected chi connectivity index (χ2v) is 8.61. The van der Waals surface area contributed by atoms with E-state index < -0.39 is 5.82 Å². The number of imidazole rings is 1. The van der Waals surface area contributed by atoms with E-state index in [0.717, 1.165) is 36.3 Å². The number of hydrogen-bond donors (Lipinski definition) is 1. The molecular formula is C23H22FN7O. The lowest BCUT2D eigenvalue weighted by molar-refractivity contribution is 0.623. The number of anilines is 2. The minimum Gasteiger partial charge on any atom is -0.342 e. The Kier molecular flexibility index (Phi) is 4.08. The minimum atomic E-state index is -0.494. The zero-order valence-electron chi connectivity index (χ0n) is 17.7. The molecule has 0 bridgehead atoms. The van der Waals surface area contributed by atoms with Crippen LogP contribution in [-0.4, -0.2) is 50.7 Å². The highest BCUT2D eigenvalue weighted by Crippen LogP contribution is 2.50. The quantitative estimate of drug-likeness (QED) is 0.534. The van der Waals surface area contributed by atoms with Crippen molar-refractivity contribution in [3.63, 3.8) is 0 Å². The topological polar surface area (TPSA) is 82.9 Å². The van der Waals surface area contributed by atoms with E-state index in [9.17, 15) is 9.18 Å². The first-order valence-electron chi connectivity index (χ1n) is 10.6. The Balaban J connectivity index is 1.24. The van der Waals surface area contributed by atoms with E-state index in [1.807, 2.05) is 31.3 Å². The fourth-order valence-electron chi connectivity index (χ4n) is 5.03. The lowest BCUT2D eigenvalue weighted by Crippen LogP contribution is -2.36. The van der Waals surface area contributed by atoms with E-state index in [1.54, 1.807) is 7.05 Å². The molecule has 1 saturated carbocycles. The number of pyridine rings is 1. The fraction of sp³-hybridized carbons (Fsp3) is 0.304. The largest absolute Gasteiger partial charge is 0.342 e. The number of rotatable bonds is 4. The molecule has 162 valence electrons. The molecule has 0 spiro atoms. The second kappa shape index (κ2) is 6.88. The molecule has 0 unspecified atom stereocenters. The van der Waals surface area contributed by atoms with Crippen LogP contribution in [0.1, 0.15) is 0 Å². The van der Waals surface area contributed by atoms with E-state index in [-0.39, 0.29) is 17.2 Å². The summed E-state index contributed by atoms with van der Waals surface area (Å²) in [5.74, 6) is 1.88. The van der Waals surface area contributed by atoms with Gasteiger partial charge in [0.1, 0.15) is 0 Å². The Morgan fingerprint density at radius 3 is 2.69 bits per heavy atom. The first kappa shape index (κ1) is 19.0. The number of para-hydroxylation sites is 2. The monoisotopic (exact) mass is 431 g/mol. The van der Waals surface area contributed by atoms with Gasteiger partial charge in [-0.05, 0) is 18.2 Å². The normalized spacial score (nSPS) is 21.7. The molecule has 0 amide bonds. The first-order valence-corrected chi connectivity index (χ1v) is 10.6. The zero-order valence-corrected chi connectivity index (χ0v) is 17.7. The van der Waals surface area contributed by atoms with E-state index in [0.29, 0.717) is 23.5 Å². The number of piperidine rings is 1. The van der Waals surface area contributed by atoms with Gasteiger partial charge in [-0.25, -0.2) is 14.4 Å². The standard InChI is InChI=1S/C23H22FN7O/c1-29-20(32)9-19(13-7-8-25-10-16(13)24)28-23(29)30(2)21-14-11-31(12-15(14)21)22-26-17-5-3-4-6-18(17)27-22/h3-10,14-15,21H,11-12H2,1-2H3,(H,26,27)/t14-,15+,21+. The number of aromatic nitrogens is 5. The van der Waals surface area contributed by atoms with Crippen LogP contribution >= 0.6 is 0 Å². The molecule has 1 aliphatic heterocycles. The van der Waals surface area contributed by atoms with Gasteiger partial charge in [-0.2, -0.15) is 0 Å². The molecule has 1 saturated heterocycles. The van der Waals surface area contributed by atoms with Crippen LogP contribution in [0.25, 0.3) is 22.3 Å². The molecule has 4 heterocycles. The third-order valence-corrected chi connectivity index (χ3v) is 6.75. The summed E-state index contributed by atoms with van der Waals surface area (Å²) in [6.45, 7) is 1.79. The Morgan fingerprint density at radius 2 is 1.94 bits per heavy atom. The molecule has 1 aromatic carbocycles. The highest BCUT2D eigenvalue weighted by molar-refractivity contribution is 5.77. The van der Waals surface area contributed by atoms with Crippen LogP contribution in [0.15, 0.2) is 53.6 Å². The van der Waals surface area contributed by atoms with Gasteiger partial charge in [-0.1, -0.05) is 12.1 Å². The number of H-pyrrole nitrogens is 1. The Bertz CT molecular complexity index is 1350. The van der Waals surface area contributed by atoms with Crippen LogP contribution in [0.2, 0.25) is 0 Å². The van der Waals surface area contributed by atoms with Crippen LogP contribution in [0, 0.1) is 17.7 Å². The van der Waals surface area contributed by atoms with Gasteiger partial charge < -0.3 is 14.8 Å². The average molecular weight is 431 g/mol. The number of fused-ring (bicyclic) bond motifs is 2. The van der Waals surface area contributed by atoms with Crippen LogP contribution in [0.5, 0.6) is 0 Å². The third-order valence-electron chi connectivity index (χ3n) is 6.75. The van der Waals surface area contributed by atoms with Gasteiger partial charge in [0, 0.05) is 62.9 Å². The molecule has 1 aliphatic carbocycles. The van der Waals surface area contributed by atoms with Crippen molar-refractivity contribution in [1.29, 1.82) is 0 Å². The van der Waals surface area contributed by atoms with Crippen molar-refractivity contribution in [2.45, 2.75) is 6.04 Å². The number of benzene rings is 1. The minimum absolute atomic E-state index is 0.220. The van der Waals surface area contributed by atoms with Crippen LogP contribution in [0.4, 0.5) is 16.3 Å². The summed E-state index contributed by atoms with van der Waals surface area (Å²) in [7, 11) is 3.66. The molecule has 8 nitrogen and oxygen atoms in total. The van der Waals surface area contributed by atoms with E-state index in [1.165, 1.54) is 22.9 Å². The first-order chi connectivity index (χ1) is 15.5. The van der Waals surface area contributed by atoms with Gasteiger partial charge in [0.05, 0.1) is 22.9 Å². The van der Waals surface area contributed by atoms with Gasteiger partial charge in [-0.3, -0.25) is 14.3 Å². The maximum atomic E-state index is 14.2. The summed E-state index contributed by atoms with van der Waals surface area (Å²) in [6.07, 6.45) is 2.63. The lowest BCUT2D eigenvalue weighted by atomic mass is 10.2. The summed E-state index contributed by atoms with van der Waals surface area (Å²) in [5.41, 5.74) is 2.39. The smallest absolute Gasteiger partial charge is 0.255 e. The maximum absolute atomic E-state index is 14.2. The molecule has 9 heteroatoms. The summed E-state index contributed by atoms with van der Waals surface area (Å²) < 4.78 is 15.8. The Labute approximate surface area is 183 Å². The van der Waals surface area contributed by atoms with Gasteiger partial charge in [0.2, 0.25) is 11.9 Å². The molecule has 2 aliphatic rings. The number of halogens is 1. The average Bonchev–Trinajstić information content (AvgIpc) is 3.13. The summed E-state index contributed by atoms with van der Waals surface area (Å²) in [4.78, 5) is 33.5. The zero-order chi connectivity index (χ0) is 22.0. The Morgan fingerprint density at radius 1 is 1.16 bits per heavy atom. The Hall–Kier alpha value is -3.75. The number of hydrogen-bond acceptors (Lipinski definition) is 6. The van der Waals surface area contributed by atoms with E-state index in [2.05, 4.69) is 24.8 Å². The highest BCUT2D eigenvalue weighted by Gasteiger charge is 2.58. The summed E-state index contributed by atoms with van der Waals surface area (Å²) in [5, 5.41) is 0. The van der Waals surface area contributed by atoms with Crippen molar-refractivity contribution in [3.05, 3.63) is 65.0 Å². The van der Waals surface area contributed by atoms with Gasteiger partial charge in [-0.15, -0.1) is 0 Å². The maximum Gasteiger partial charge on any atom is 0.255 e. The number of aromatic amines is 1. The molecule has 3 aromatic heterocycles. The van der Waals surface area contributed by atoms with Gasteiger partial charge in [0.25, 0.3) is 5.56 Å². The molecule has 4 aromatic rings. The molecule has 32 heavy (non-hydrogen) atoms. The predicted molar refractivity (Wildman–Crippen MR) is 120 cm³/mol. The summed E-state index contributed by atoms with van der Waals surface area (Å²) in [6, 6.07) is 11.2. The van der Waals surface area contributed by atoms with Crippen molar-refractivity contribution in [3.8, 4) is 11.3 Å². The number of nitrogens with zero attached hydrogens (tertiary/aromatic N) is 6. The van der Waals surface area contributed by atoms with Crippen molar-refractivity contribution in [1.82, 2.24) is 24.5 Å². The second-order valence-electron chi connectivity index (χ2n) is 8.61. The van der Waals surface area contributed by atoms with Crippen LogP contribution in [-0.2, 0) is 7.05 Å². The third kappa shape index (κ3) is 2.88.